The standard InChI is InChI=1S/C15H21FN2O3/c1-17(2)9-3-10-18(11-8-14(19)20)15(21)12-4-6-13(16)7-5-12/h4-7H,3,8-11H2,1-2H3,(H,19,20). The van der Waals surface area contributed by atoms with Gasteiger partial charge < -0.3 is 14.9 Å². The van der Waals surface area contributed by atoms with E-state index in [1.807, 2.05) is 19.0 Å². The van der Waals surface area contributed by atoms with Gasteiger partial charge in [0, 0.05) is 18.7 Å². The van der Waals surface area contributed by atoms with E-state index in [0.717, 1.165) is 13.0 Å². The number of hydrogen-bond acceptors (Lipinski definition) is 3. The summed E-state index contributed by atoms with van der Waals surface area (Å²) < 4.78 is 12.9. The number of aliphatic carboxylic acids is 1. The lowest BCUT2D eigenvalue weighted by Gasteiger charge is -2.23. The number of carbonyl (C=O) groups is 2. The first kappa shape index (κ1) is 17.1. The molecule has 0 aliphatic rings. The summed E-state index contributed by atoms with van der Waals surface area (Å²) in [5.74, 6) is -1.62. The minimum absolute atomic E-state index is 0.102. The summed E-state index contributed by atoms with van der Waals surface area (Å²) >= 11 is 0. The van der Waals surface area contributed by atoms with Gasteiger partial charge >= 0.3 is 5.97 Å². The zero-order chi connectivity index (χ0) is 15.8. The molecule has 1 aromatic carbocycles. The maximum atomic E-state index is 12.9. The number of nitrogens with zero attached hydrogens (tertiary/aromatic N) is 2. The first-order valence-electron chi connectivity index (χ1n) is 6.81. The van der Waals surface area contributed by atoms with Crippen LogP contribution in [0, 0.1) is 5.82 Å². The van der Waals surface area contributed by atoms with Crippen molar-refractivity contribution in [2.45, 2.75) is 12.8 Å². The highest BCUT2D eigenvalue weighted by atomic mass is 19.1. The minimum Gasteiger partial charge on any atom is -0.481 e. The van der Waals surface area contributed by atoms with Crippen LogP contribution in [0.5, 0.6) is 0 Å². The normalized spacial score (nSPS) is 10.7. The molecule has 1 N–H and O–H groups in total. The monoisotopic (exact) mass is 296 g/mol. The number of hydrogen-bond donors (Lipinski definition) is 1. The second-order valence-corrected chi connectivity index (χ2v) is 5.10. The smallest absolute Gasteiger partial charge is 0.305 e. The van der Waals surface area contributed by atoms with Gasteiger partial charge in [0.1, 0.15) is 5.82 Å². The molecule has 0 fully saturated rings. The van der Waals surface area contributed by atoms with Crippen LogP contribution < -0.4 is 0 Å². The Morgan fingerprint density at radius 1 is 1.10 bits per heavy atom. The predicted octanol–water partition coefficient (Wildman–Crippen LogP) is 1.69. The Morgan fingerprint density at radius 3 is 2.24 bits per heavy atom. The van der Waals surface area contributed by atoms with Gasteiger partial charge in [0.25, 0.3) is 5.91 Å². The molecule has 1 rings (SSSR count). The molecule has 0 aliphatic carbocycles. The third-order valence-corrected chi connectivity index (χ3v) is 3.01. The van der Waals surface area contributed by atoms with Gasteiger partial charge in [-0.2, -0.15) is 0 Å². The van der Waals surface area contributed by atoms with Crippen LogP contribution in [0.1, 0.15) is 23.2 Å². The van der Waals surface area contributed by atoms with Crippen LogP contribution in [0.4, 0.5) is 4.39 Å². The Balaban J connectivity index is 2.70. The summed E-state index contributed by atoms with van der Waals surface area (Å²) in [4.78, 5) is 26.5. The van der Waals surface area contributed by atoms with E-state index in [9.17, 15) is 14.0 Å². The third kappa shape index (κ3) is 6.35. The molecule has 0 spiro atoms. The fourth-order valence-electron chi connectivity index (χ4n) is 1.90. The van der Waals surface area contributed by atoms with Crippen LogP contribution in [-0.2, 0) is 4.79 Å². The molecule has 1 amide bonds. The third-order valence-electron chi connectivity index (χ3n) is 3.01. The van der Waals surface area contributed by atoms with E-state index >= 15 is 0 Å². The molecule has 0 heterocycles. The quantitative estimate of drug-likeness (QED) is 0.793. The molecule has 0 aliphatic heterocycles. The minimum atomic E-state index is -0.945. The fourth-order valence-corrected chi connectivity index (χ4v) is 1.90. The van der Waals surface area contributed by atoms with E-state index < -0.39 is 11.8 Å². The van der Waals surface area contributed by atoms with Crippen molar-refractivity contribution in [1.29, 1.82) is 0 Å². The van der Waals surface area contributed by atoms with Crippen LogP contribution in [0.15, 0.2) is 24.3 Å². The van der Waals surface area contributed by atoms with Gasteiger partial charge in [0.05, 0.1) is 6.42 Å². The highest BCUT2D eigenvalue weighted by Gasteiger charge is 2.16. The highest BCUT2D eigenvalue weighted by molar-refractivity contribution is 5.94. The van der Waals surface area contributed by atoms with E-state index in [-0.39, 0.29) is 18.9 Å². The summed E-state index contributed by atoms with van der Waals surface area (Å²) in [7, 11) is 3.87. The maximum absolute atomic E-state index is 12.9. The van der Waals surface area contributed by atoms with Crippen molar-refractivity contribution in [3.63, 3.8) is 0 Å². The highest BCUT2D eigenvalue weighted by Crippen LogP contribution is 2.08. The van der Waals surface area contributed by atoms with Crippen LogP contribution in [0.2, 0.25) is 0 Å². The first-order valence-corrected chi connectivity index (χ1v) is 6.81. The molecular formula is C15H21FN2O3. The van der Waals surface area contributed by atoms with Crippen molar-refractivity contribution in [3.8, 4) is 0 Å². The average Bonchev–Trinajstić information content (AvgIpc) is 2.42. The van der Waals surface area contributed by atoms with Gasteiger partial charge in [0.15, 0.2) is 0 Å². The molecule has 0 bridgehead atoms. The molecule has 21 heavy (non-hydrogen) atoms. The van der Waals surface area contributed by atoms with E-state index in [1.54, 1.807) is 0 Å². The van der Waals surface area contributed by atoms with Crippen molar-refractivity contribution in [1.82, 2.24) is 9.80 Å². The van der Waals surface area contributed by atoms with Crippen LogP contribution in [0.3, 0.4) is 0 Å². The molecule has 0 saturated carbocycles. The Kier molecular flexibility index (Phi) is 6.81. The number of amides is 1. The molecule has 5 nitrogen and oxygen atoms in total. The maximum Gasteiger partial charge on any atom is 0.305 e. The summed E-state index contributed by atoms with van der Waals surface area (Å²) in [6.07, 6.45) is 0.647. The second-order valence-electron chi connectivity index (χ2n) is 5.10. The molecular weight excluding hydrogens is 275 g/mol. The van der Waals surface area contributed by atoms with E-state index in [2.05, 4.69) is 0 Å². The van der Waals surface area contributed by atoms with Crippen molar-refractivity contribution in [3.05, 3.63) is 35.6 Å². The Hall–Kier alpha value is -1.95. The molecule has 0 radical (unpaired) electrons. The lowest BCUT2D eigenvalue weighted by Crippen LogP contribution is -2.35. The number of carboxylic acid groups (broad SMARTS) is 1. The topological polar surface area (TPSA) is 60.9 Å². The number of halogens is 1. The molecule has 1 aromatic rings. The molecule has 6 heteroatoms. The van der Waals surface area contributed by atoms with Gasteiger partial charge in [-0.05, 0) is 51.3 Å². The van der Waals surface area contributed by atoms with Gasteiger partial charge in [-0.3, -0.25) is 9.59 Å². The van der Waals surface area contributed by atoms with Crippen molar-refractivity contribution in [2.75, 3.05) is 33.7 Å². The lowest BCUT2D eigenvalue weighted by molar-refractivity contribution is -0.137. The van der Waals surface area contributed by atoms with Gasteiger partial charge in [-0.1, -0.05) is 0 Å². The van der Waals surface area contributed by atoms with Gasteiger partial charge in [-0.25, -0.2) is 4.39 Å². The Morgan fingerprint density at radius 2 is 1.71 bits per heavy atom. The number of carbonyl (C=O) groups excluding carboxylic acids is 1. The van der Waals surface area contributed by atoms with Crippen LogP contribution >= 0.6 is 0 Å². The summed E-state index contributed by atoms with van der Waals surface area (Å²) in [5.41, 5.74) is 0.367. The molecule has 0 unspecified atom stereocenters. The Labute approximate surface area is 124 Å². The second kappa shape index (κ2) is 8.36. The summed E-state index contributed by atoms with van der Waals surface area (Å²) in [5, 5.41) is 8.77. The van der Waals surface area contributed by atoms with Crippen LogP contribution in [-0.4, -0.2) is 60.5 Å². The lowest BCUT2D eigenvalue weighted by atomic mass is 10.2. The van der Waals surface area contributed by atoms with E-state index in [0.29, 0.717) is 12.1 Å². The van der Waals surface area contributed by atoms with Crippen LogP contribution in [0.25, 0.3) is 0 Å². The number of rotatable bonds is 8. The number of carboxylic acids is 1. The first-order chi connectivity index (χ1) is 9.90. The average molecular weight is 296 g/mol. The molecule has 0 aromatic heterocycles. The zero-order valence-electron chi connectivity index (χ0n) is 12.4. The predicted molar refractivity (Wildman–Crippen MR) is 77.7 cm³/mol. The molecule has 0 atom stereocenters. The molecule has 0 saturated heterocycles. The van der Waals surface area contributed by atoms with E-state index in [4.69, 9.17) is 5.11 Å². The van der Waals surface area contributed by atoms with Crippen molar-refractivity contribution in [2.24, 2.45) is 0 Å². The molecule has 116 valence electrons. The van der Waals surface area contributed by atoms with Gasteiger partial charge in [0.2, 0.25) is 0 Å². The Bertz CT molecular complexity index is 474. The number of benzene rings is 1. The summed E-state index contributed by atoms with van der Waals surface area (Å²) in [6, 6.07) is 5.28. The van der Waals surface area contributed by atoms with E-state index in [1.165, 1.54) is 29.2 Å². The van der Waals surface area contributed by atoms with Gasteiger partial charge in [-0.15, -0.1) is 0 Å². The zero-order valence-corrected chi connectivity index (χ0v) is 12.4. The summed E-state index contributed by atoms with van der Waals surface area (Å²) in [6.45, 7) is 1.43. The largest absolute Gasteiger partial charge is 0.481 e. The fraction of sp³-hybridized carbons (Fsp3) is 0.467. The van der Waals surface area contributed by atoms with Crippen molar-refractivity contribution >= 4 is 11.9 Å². The SMILES string of the molecule is CN(C)CCCN(CCC(=O)O)C(=O)c1ccc(F)cc1. The van der Waals surface area contributed by atoms with Crippen molar-refractivity contribution < 1.29 is 19.1 Å².